The van der Waals surface area contributed by atoms with E-state index >= 15 is 0 Å². The van der Waals surface area contributed by atoms with Crippen LogP contribution in [0, 0.1) is 13.8 Å². The summed E-state index contributed by atoms with van der Waals surface area (Å²) in [5, 5.41) is 5.59. The molecule has 0 aromatic heterocycles. The van der Waals surface area contributed by atoms with Gasteiger partial charge in [0.2, 0.25) is 17.7 Å². The van der Waals surface area contributed by atoms with Crippen molar-refractivity contribution in [1.82, 2.24) is 15.5 Å². The van der Waals surface area contributed by atoms with Gasteiger partial charge >= 0.3 is 6.09 Å². The van der Waals surface area contributed by atoms with Crippen molar-refractivity contribution in [2.24, 2.45) is 5.73 Å². The number of nitrogens with one attached hydrogen (secondary N) is 2. The summed E-state index contributed by atoms with van der Waals surface area (Å²) in [6, 6.07) is 3.53. The monoisotopic (exact) mass is 502 g/mol. The molecule has 200 valence electrons. The Balaban J connectivity index is 2.53. The molecule has 2 atom stereocenters. The zero-order valence-corrected chi connectivity index (χ0v) is 22.6. The second-order valence-corrected chi connectivity index (χ2v) is 11.0. The number of aryl methyl sites for hydroxylation is 2. The SMILES string of the molecule is Cc1ccc(C(C(=O)NC(C)C)N(C(=O)C(CCC(N)=O)NC(=O)OC(C)(C)C)C2CCC2)c(C)c1. The van der Waals surface area contributed by atoms with Gasteiger partial charge in [-0.25, -0.2) is 4.79 Å². The predicted molar refractivity (Wildman–Crippen MR) is 138 cm³/mol. The van der Waals surface area contributed by atoms with Crippen molar-refractivity contribution in [2.75, 3.05) is 0 Å². The van der Waals surface area contributed by atoms with E-state index in [2.05, 4.69) is 10.6 Å². The Morgan fingerprint density at radius 2 is 1.75 bits per heavy atom. The third-order valence-corrected chi connectivity index (χ3v) is 6.07. The Morgan fingerprint density at radius 3 is 2.22 bits per heavy atom. The number of benzene rings is 1. The molecule has 0 heterocycles. The summed E-state index contributed by atoms with van der Waals surface area (Å²) < 4.78 is 5.37. The maximum atomic E-state index is 14.1. The number of carbonyl (C=O) groups excluding carboxylic acids is 4. The largest absolute Gasteiger partial charge is 0.444 e. The minimum Gasteiger partial charge on any atom is -0.444 e. The highest BCUT2D eigenvalue weighted by Crippen LogP contribution is 2.35. The van der Waals surface area contributed by atoms with E-state index in [-0.39, 0.29) is 30.8 Å². The van der Waals surface area contributed by atoms with Gasteiger partial charge in [0.1, 0.15) is 17.7 Å². The van der Waals surface area contributed by atoms with Crippen LogP contribution in [0.25, 0.3) is 0 Å². The summed E-state index contributed by atoms with van der Waals surface area (Å²) >= 11 is 0. The van der Waals surface area contributed by atoms with E-state index in [1.165, 1.54) is 0 Å². The topological polar surface area (TPSA) is 131 Å². The van der Waals surface area contributed by atoms with Gasteiger partial charge in [-0.3, -0.25) is 14.4 Å². The van der Waals surface area contributed by atoms with Crippen molar-refractivity contribution in [3.63, 3.8) is 0 Å². The number of ether oxygens (including phenoxy) is 1. The first-order valence-electron chi connectivity index (χ1n) is 12.7. The molecule has 0 bridgehead atoms. The van der Waals surface area contributed by atoms with Gasteiger partial charge in [0.25, 0.3) is 0 Å². The van der Waals surface area contributed by atoms with Crippen LogP contribution in [0.15, 0.2) is 18.2 Å². The molecule has 0 saturated heterocycles. The Morgan fingerprint density at radius 1 is 1.11 bits per heavy atom. The zero-order chi connectivity index (χ0) is 27.2. The highest BCUT2D eigenvalue weighted by Gasteiger charge is 2.42. The molecule has 9 heteroatoms. The first-order chi connectivity index (χ1) is 16.7. The number of nitrogens with zero attached hydrogens (tertiary/aromatic N) is 1. The molecule has 0 aliphatic heterocycles. The van der Waals surface area contributed by atoms with E-state index in [1.54, 1.807) is 25.7 Å². The van der Waals surface area contributed by atoms with Crippen molar-refractivity contribution >= 4 is 23.8 Å². The van der Waals surface area contributed by atoms with E-state index in [9.17, 15) is 19.2 Å². The summed E-state index contributed by atoms with van der Waals surface area (Å²) in [7, 11) is 0. The van der Waals surface area contributed by atoms with Crippen LogP contribution >= 0.6 is 0 Å². The molecule has 4 N–H and O–H groups in total. The summed E-state index contributed by atoms with van der Waals surface area (Å²) in [4.78, 5) is 53.5. The van der Waals surface area contributed by atoms with Crippen molar-refractivity contribution < 1.29 is 23.9 Å². The van der Waals surface area contributed by atoms with Crippen molar-refractivity contribution in [1.29, 1.82) is 0 Å². The molecule has 2 unspecified atom stereocenters. The van der Waals surface area contributed by atoms with Gasteiger partial charge in [0.05, 0.1) is 0 Å². The summed E-state index contributed by atoms with van der Waals surface area (Å²) in [5.74, 6) is -1.31. The summed E-state index contributed by atoms with van der Waals surface area (Å²) in [6.45, 7) is 12.8. The molecule has 1 aromatic carbocycles. The van der Waals surface area contributed by atoms with Gasteiger partial charge in [0, 0.05) is 18.5 Å². The lowest BCUT2D eigenvalue weighted by Gasteiger charge is -2.44. The second kappa shape index (κ2) is 12.2. The predicted octanol–water partition coefficient (Wildman–Crippen LogP) is 3.41. The van der Waals surface area contributed by atoms with Gasteiger partial charge in [-0.1, -0.05) is 23.8 Å². The second-order valence-electron chi connectivity index (χ2n) is 11.0. The van der Waals surface area contributed by atoms with E-state index in [4.69, 9.17) is 10.5 Å². The first-order valence-corrected chi connectivity index (χ1v) is 12.7. The molecule has 1 aliphatic rings. The number of rotatable bonds is 10. The Labute approximate surface area is 214 Å². The Hall–Kier alpha value is -3.10. The van der Waals surface area contributed by atoms with E-state index in [0.29, 0.717) is 0 Å². The van der Waals surface area contributed by atoms with Crippen LogP contribution in [0.1, 0.15) is 89.5 Å². The van der Waals surface area contributed by atoms with Gasteiger partial charge in [-0.2, -0.15) is 0 Å². The summed E-state index contributed by atoms with van der Waals surface area (Å²) in [6.07, 6.45) is 1.56. The third-order valence-electron chi connectivity index (χ3n) is 6.07. The zero-order valence-electron chi connectivity index (χ0n) is 22.6. The average molecular weight is 503 g/mol. The highest BCUT2D eigenvalue weighted by atomic mass is 16.6. The lowest BCUT2D eigenvalue weighted by molar-refractivity contribution is -0.148. The fourth-order valence-electron chi connectivity index (χ4n) is 4.27. The van der Waals surface area contributed by atoms with Gasteiger partial charge in [0.15, 0.2) is 0 Å². The highest BCUT2D eigenvalue weighted by molar-refractivity contribution is 5.93. The molecule has 4 amide bonds. The van der Waals surface area contributed by atoms with Crippen LogP contribution in [-0.4, -0.2) is 52.4 Å². The minimum atomic E-state index is -1.08. The number of amides is 4. The molecule has 9 nitrogen and oxygen atoms in total. The normalized spacial score (nSPS) is 15.4. The van der Waals surface area contributed by atoms with E-state index in [0.717, 1.165) is 36.0 Å². The van der Waals surface area contributed by atoms with Crippen molar-refractivity contribution in [2.45, 2.75) is 110 Å². The number of hydrogen-bond donors (Lipinski definition) is 3. The third kappa shape index (κ3) is 8.24. The number of alkyl carbamates (subject to hydrolysis) is 1. The van der Waals surface area contributed by atoms with E-state index in [1.807, 2.05) is 45.9 Å². The Kier molecular flexibility index (Phi) is 9.90. The van der Waals surface area contributed by atoms with Crippen LogP contribution in [0.3, 0.4) is 0 Å². The van der Waals surface area contributed by atoms with Crippen LogP contribution in [-0.2, 0) is 19.1 Å². The van der Waals surface area contributed by atoms with E-state index < -0.39 is 35.6 Å². The molecule has 1 aliphatic carbocycles. The number of carbonyl (C=O) groups is 4. The molecular formula is C27H42N4O5. The maximum absolute atomic E-state index is 14.1. The minimum absolute atomic E-state index is 0.00201. The fraction of sp³-hybridized carbons (Fsp3) is 0.630. The molecule has 1 fully saturated rings. The lowest BCUT2D eigenvalue weighted by atomic mass is 9.86. The van der Waals surface area contributed by atoms with Crippen LogP contribution in [0.2, 0.25) is 0 Å². The smallest absolute Gasteiger partial charge is 0.408 e. The van der Waals surface area contributed by atoms with Crippen LogP contribution in [0.5, 0.6) is 0 Å². The van der Waals surface area contributed by atoms with Crippen molar-refractivity contribution in [3.05, 3.63) is 34.9 Å². The van der Waals surface area contributed by atoms with Crippen LogP contribution in [0.4, 0.5) is 4.79 Å². The molecule has 2 rings (SSSR count). The maximum Gasteiger partial charge on any atom is 0.408 e. The standard InChI is InChI=1S/C27H42N4O5/c1-16(2)29-24(33)23(20-12-11-17(3)15-18(20)4)31(19-9-8-10-19)25(34)21(13-14-22(28)32)30-26(35)36-27(5,6)7/h11-12,15-16,19,21,23H,8-10,13-14H2,1-7H3,(H2,28,32)(H,29,33)(H,30,35). The molecule has 1 saturated carbocycles. The Bertz CT molecular complexity index is 965. The van der Waals surface area contributed by atoms with Gasteiger partial charge < -0.3 is 26.0 Å². The quantitative estimate of drug-likeness (QED) is 0.451. The molecule has 0 spiro atoms. The number of primary amides is 1. The molecule has 1 aromatic rings. The number of hydrogen-bond acceptors (Lipinski definition) is 5. The lowest BCUT2D eigenvalue weighted by Crippen LogP contribution is -2.58. The van der Waals surface area contributed by atoms with Crippen molar-refractivity contribution in [3.8, 4) is 0 Å². The van der Waals surface area contributed by atoms with Crippen LogP contribution < -0.4 is 16.4 Å². The fourth-order valence-corrected chi connectivity index (χ4v) is 4.27. The first kappa shape index (κ1) is 29.1. The van der Waals surface area contributed by atoms with Gasteiger partial charge in [-0.05, 0) is 85.3 Å². The summed E-state index contributed by atoms with van der Waals surface area (Å²) in [5.41, 5.74) is 7.26. The average Bonchev–Trinajstić information content (AvgIpc) is 2.68. The molecular weight excluding hydrogens is 460 g/mol. The molecule has 0 radical (unpaired) electrons. The molecule has 36 heavy (non-hydrogen) atoms. The number of nitrogens with two attached hydrogens (primary N) is 1. The van der Waals surface area contributed by atoms with Gasteiger partial charge in [-0.15, -0.1) is 0 Å².